The maximum absolute atomic E-state index is 9.06. The summed E-state index contributed by atoms with van der Waals surface area (Å²) in [6, 6.07) is 24.1. The van der Waals surface area contributed by atoms with Crippen molar-refractivity contribution in [2.24, 2.45) is 5.92 Å². The maximum atomic E-state index is 9.06. The van der Waals surface area contributed by atoms with Crippen molar-refractivity contribution < 1.29 is 0 Å². The molecule has 1 heteroatoms. The predicted molar refractivity (Wildman–Crippen MR) is 90.6 cm³/mol. The molecular weight excluding hydrogens is 266 g/mol. The van der Waals surface area contributed by atoms with E-state index in [1.807, 2.05) is 0 Å². The van der Waals surface area contributed by atoms with Crippen LogP contribution in [-0.2, 0) is 0 Å². The van der Waals surface area contributed by atoms with Gasteiger partial charge in [0.25, 0.3) is 0 Å². The van der Waals surface area contributed by atoms with Gasteiger partial charge in [-0.2, -0.15) is 5.26 Å². The summed E-state index contributed by atoms with van der Waals surface area (Å²) in [5.74, 6) is 1.76. The van der Waals surface area contributed by atoms with Gasteiger partial charge in [0.15, 0.2) is 0 Å². The third kappa shape index (κ3) is 3.22. The molecule has 1 saturated carbocycles. The van der Waals surface area contributed by atoms with E-state index in [1.165, 1.54) is 30.4 Å². The highest BCUT2D eigenvalue weighted by Crippen LogP contribution is 2.48. The molecule has 22 heavy (non-hydrogen) atoms. The fourth-order valence-corrected chi connectivity index (χ4v) is 4.13. The van der Waals surface area contributed by atoms with Crippen molar-refractivity contribution in [1.82, 2.24) is 0 Å². The van der Waals surface area contributed by atoms with Crippen LogP contribution in [-0.4, -0.2) is 0 Å². The van der Waals surface area contributed by atoms with Crippen LogP contribution in [0.25, 0.3) is 0 Å². The van der Waals surface area contributed by atoms with Crippen LogP contribution in [0.5, 0.6) is 0 Å². The van der Waals surface area contributed by atoms with Gasteiger partial charge in [0, 0.05) is 6.42 Å². The summed E-state index contributed by atoms with van der Waals surface area (Å²) in [5.41, 5.74) is 2.90. The second-order valence-corrected chi connectivity index (χ2v) is 6.33. The number of hydrogen-bond acceptors (Lipinski definition) is 1. The minimum absolute atomic E-state index is 0.582. The van der Waals surface area contributed by atoms with Crippen molar-refractivity contribution in [1.29, 1.82) is 5.26 Å². The van der Waals surface area contributed by atoms with Crippen LogP contribution in [0.1, 0.15) is 55.1 Å². The van der Waals surface area contributed by atoms with Gasteiger partial charge in [-0.25, -0.2) is 0 Å². The quantitative estimate of drug-likeness (QED) is 0.712. The number of hydrogen-bond donors (Lipinski definition) is 0. The molecule has 0 bridgehead atoms. The third-order valence-corrected chi connectivity index (χ3v) is 5.11. The van der Waals surface area contributed by atoms with Gasteiger partial charge >= 0.3 is 0 Å². The summed E-state index contributed by atoms with van der Waals surface area (Å²) in [5, 5.41) is 9.06. The highest BCUT2D eigenvalue weighted by Gasteiger charge is 2.34. The van der Waals surface area contributed by atoms with E-state index < -0.39 is 0 Å². The van der Waals surface area contributed by atoms with Gasteiger partial charge in [0.1, 0.15) is 0 Å². The van der Waals surface area contributed by atoms with Crippen LogP contribution in [0.3, 0.4) is 0 Å². The number of nitriles is 1. The molecule has 0 radical (unpaired) electrons. The first-order chi connectivity index (χ1) is 10.9. The zero-order chi connectivity index (χ0) is 15.2. The lowest BCUT2D eigenvalue weighted by molar-refractivity contribution is 0.251. The van der Waals surface area contributed by atoms with Crippen molar-refractivity contribution >= 4 is 0 Å². The molecule has 2 aromatic carbocycles. The van der Waals surface area contributed by atoms with Gasteiger partial charge in [0.05, 0.1) is 6.07 Å². The van der Waals surface area contributed by atoms with Crippen molar-refractivity contribution in [3.63, 3.8) is 0 Å². The molecule has 0 amide bonds. The molecule has 0 saturated heterocycles. The van der Waals surface area contributed by atoms with Crippen LogP contribution in [0.2, 0.25) is 0 Å². The molecule has 0 heterocycles. The number of rotatable bonds is 4. The average Bonchev–Trinajstić information content (AvgIpc) is 2.61. The Bertz CT molecular complexity index is 564. The first kappa shape index (κ1) is 14.9. The second-order valence-electron chi connectivity index (χ2n) is 6.33. The van der Waals surface area contributed by atoms with Crippen molar-refractivity contribution in [2.75, 3.05) is 0 Å². The van der Waals surface area contributed by atoms with E-state index in [2.05, 4.69) is 66.7 Å². The minimum Gasteiger partial charge on any atom is -0.198 e. The molecule has 1 aliphatic rings. The van der Waals surface area contributed by atoms with Gasteiger partial charge in [0.2, 0.25) is 0 Å². The van der Waals surface area contributed by atoms with E-state index >= 15 is 0 Å². The molecule has 1 aliphatic carbocycles. The standard InChI is InChI=1S/C21H23N/c22-16-8-15-21-19(17-9-3-1-4-10-17)13-7-14-20(21)18-11-5-2-6-12-18/h1-6,9-12,19-21H,7-8,13-15H2. The Kier molecular flexibility index (Phi) is 4.91. The van der Waals surface area contributed by atoms with E-state index in [0.717, 1.165) is 6.42 Å². The average molecular weight is 289 g/mol. The smallest absolute Gasteiger partial charge is 0.0621 e. The normalized spacial score (nSPS) is 24.6. The molecule has 2 unspecified atom stereocenters. The van der Waals surface area contributed by atoms with Crippen LogP contribution in [0, 0.1) is 17.2 Å². The van der Waals surface area contributed by atoms with E-state index in [1.54, 1.807) is 0 Å². The Hall–Kier alpha value is -2.07. The Morgan fingerprint density at radius 3 is 1.77 bits per heavy atom. The lowest BCUT2D eigenvalue weighted by Gasteiger charge is -2.39. The Morgan fingerprint density at radius 1 is 0.818 bits per heavy atom. The molecule has 0 aliphatic heterocycles. The van der Waals surface area contributed by atoms with E-state index in [4.69, 9.17) is 5.26 Å². The van der Waals surface area contributed by atoms with E-state index in [0.29, 0.717) is 24.2 Å². The molecule has 0 spiro atoms. The SMILES string of the molecule is N#CCCC1C(c2ccccc2)CCCC1c1ccccc1. The largest absolute Gasteiger partial charge is 0.198 e. The van der Waals surface area contributed by atoms with Gasteiger partial charge in [-0.05, 0) is 48.1 Å². The summed E-state index contributed by atoms with van der Waals surface area (Å²) >= 11 is 0. The van der Waals surface area contributed by atoms with Crippen LogP contribution in [0.4, 0.5) is 0 Å². The first-order valence-corrected chi connectivity index (χ1v) is 8.37. The molecule has 0 aromatic heterocycles. The van der Waals surface area contributed by atoms with Gasteiger partial charge in [-0.15, -0.1) is 0 Å². The molecule has 2 atom stereocenters. The second kappa shape index (κ2) is 7.27. The predicted octanol–water partition coefficient (Wildman–Crippen LogP) is 5.66. The van der Waals surface area contributed by atoms with E-state index in [-0.39, 0.29) is 0 Å². The third-order valence-electron chi connectivity index (χ3n) is 5.11. The topological polar surface area (TPSA) is 23.8 Å². The molecular formula is C21H23N. The van der Waals surface area contributed by atoms with Gasteiger partial charge in [-0.3, -0.25) is 0 Å². The van der Waals surface area contributed by atoms with Crippen LogP contribution >= 0.6 is 0 Å². The summed E-state index contributed by atoms with van der Waals surface area (Å²) in [6.07, 6.45) is 5.46. The molecule has 3 rings (SSSR count). The highest BCUT2D eigenvalue weighted by atomic mass is 14.4. The zero-order valence-electron chi connectivity index (χ0n) is 13.0. The Morgan fingerprint density at radius 2 is 1.32 bits per heavy atom. The fraction of sp³-hybridized carbons (Fsp3) is 0.381. The lowest BCUT2D eigenvalue weighted by Crippen LogP contribution is -2.25. The maximum Gasteiger partial charge on any atom is 0.0621 e. The Labute approximate surface area is 133 Å². The first-order valence-electron chi connectivity index (χ1n) is 8.37. The molecule has 112 valence electrons. The highest BCUT2D eigenvalue weighted by molar-refractivity contribution is 5.27. The summed E-state index contributed by atoms with van der Waals surface area (Å²) in [4.78, 5) is 0. The fourth-order valence-electron chi connectivity index (χ4n) is 4.13. The Balaban J connectivity index is 1.91. The molecule has 1 nitrogen and oxygen atoms in total. The zero-order valence-corrected chi connectivity index (χ0v) is 13.0. The molecule has 0 N–H and O–H groups in total. The van der Waals surface area contributed by atoms with Gasteiger partial charge in [-0.1, -0.05) is 67.1 Å². The van der Waals surface area contributed by atoms with E-state index in [9.17, 15) is 0 Å². The van der Waals surface area contributed by atoms with Crippen LogP contribution in [0.15, 0.2) is 60.7 Å². The lowest BCUT2D eigenvalue weighted by atomic mass is 9.65. The summed E-state index contributed by atoms with van der Waals surface area (Å²) < 4.78 is 0. The number of nitrogens with zero attached hydrogens (tertiary/aromatic N) is 1. The summed E-state index contributed by atoms with van der Waals surface area (Å²) in [6.45, 7) is 0. The van der Waals surface area contributed by atoms with Crippen molar-refractivity contribution in [3.8, 4) is 6.07 Å². The molecule has 2 aromatic rings. The van der Waals surface area contributed by atoms with Gasteiger partial charge < -0.3 is 0 Å². The van der Waals surface area contributed by atoms with Crippen LogP contribution < -0.4 is 0 Å². The van der Waals surface area contributed by atoms with Crippen molar-refractivity contribution in [3.05, 3.63) is 71.8 Å². The van der Waals surface area contributed by atoms with Crippen molar-refractivity contribution in [2.45, 2.75) is 43.9 Å². The minimum atomic E-state index is 0.582. The molecule has 1 fully saturated rings. The monoisotopic (exact) mass is 289 g/mol. The summed E-state index contributed by atoms with van der Waals surface area (Å²) in [7, 11) is 0. The number of benzene rings is 2.